The molecule has 0 aromatic heterocycles. The van der Waals surface area contributed by atoms with Gasteiger partial charge in [-0.1, -0.05) is 6.07 Å². The van der Waals surface area contributed by atoms with Crippen molar-refractivity contribution in [2.24, 2.45) is 10.8 Å². The van der Waals surface area contributed by atoms with E-state index in [1.165, 1.54) is 12.1 Å². The van der Waals surface area contributed by atoms with Crippen LogP contribution in [0.3, 0.4) is 0 Å². The molecule has 0 saturated carbocycles. The minimum atomic E-state index is -1.10. The summed E-state index contributed by atoms with van der Waals surface area (Å²) in [6.45, 7) is 0. The Kier molecular flexibility index (Phi) is 3.71. The van der Waals surface area contributed by atoms with Crippen LogP contribution in [0.5, 0.6) is 5.75 Å². The summed E-state index contributed by atoms with van der Waals surface area (Å²) in [6, 6.07) is 3.33. The molecule has 0 aliphatic rings. The summed E-state index contributed by atoms with van der Waals surface area (Å²) >= 11 is 0. The van der Waals surface area contributed by atoms with Gasteiger partial charge in [0.05, 0.1) is 0 Å². The molecule has 0 saturated heterocycles. The van der Waals surface area contributed by atoms with Gasteiger partial charge in [0.15, 0.2) is 10.8 Å². The fraction of sp³-hybridized carbons (Fsp3) is 0.222. The average molecular weight is 223 g/mol. The fourth-order valence-corrected chi connectivity index (χ4v) is 1.17. The molecule has 0 bridgehead atoms. The lowest BCUT2D eigenvalue weighted by molar-refractivity contribution is -0.138. The van der Waals surface area contributed by atoms with E-state index in [1.807, 2.05) is 0 Å². The number of nitrogens with one attached hydrogen (secondary N) is 1. The van der Waals surface area contributed by atoms with E-state index in [2.05, 4.69) is 10.0 Å². The molecule has 0 amide bonds. The Hall–Kier alpha value is -2.24. The topological polar surface area (TPSA) is 134 Å². The Bertz CT molecular complexity index is 454. The highest BCUT2D eigenvalue weighted by atomic mass is 16.4. The Morgan fingerprint density at radius 1 is 1.62 bits per heavy atom. The van der Waals surface area contributed by atoms with Gasteiger partial charge in [0, 0.05) is 0 Å². The molecule has 0 aliphatic heterocycles. The highest BCUT2D eigenvalue weighted by Crippen LogP contribution is 2.26. The maximum absolute atomic E-state index is 10.5. The number of carbonyl (C=O) groups is 1. The summed E-state index contributed by atoms with van der Waals surface area (Å²) in [5.74, 6) is -1.22. The van der Waals surface area contributed by atoms with Gasteiger partial charge in [-0.2, -0.15) is 0 Å². The van der Waals surface area contributed by atoms with Gasteiger partial charge in [0.2, 0.25) is 4.91 Å². The Balaban J connectivity index is 2.94. The minimum absolute atomic E-state index is 0.116. The molecule has 0 spiro atoms. The van der Waals surface area contributed by atoms with Crippen LogP contribution < -0.4 is 10.6 Å². The zero-order chi connectivity index (χ0) is 12.1. The van der Waals surface area contributed by atoms with Crippen LogP contribution in [-0.4, -0.2) is 22.2 Å². The molecular formula is C9H11N4O3+. The van der Waals surface area contributed by atoms with Gasteiger partial charge in [-0.3, -0.25) is 4.79 Å². The highest BCUT2D eigenvalue weighted by molar-refractivity contribution is 5.73. The summed E-state index contributed by atoms with van der Waals surface area (Å²) in [7, 11) is 0. The SMILES string of the molecule is N=[N+]=Nc1cc(C[C@H](N)C(=O)O)ccc1O. The summed E-state index contributed by atoms with van der Waals surface area (Å²) in [5, 5.41) is 21.3. The quantitative estimate of drug-likeness (QED) is 0.437. The van der Waals surface area contributed by atoms with Gasteiger partial charge < -0.3 is 15.9 Å². The monoisotopic (exact) mass is 223 g/mol. The molecule has 0 heterocycles. The number of carboxylic acid groups (broad SMARTS) is 1. The summed E-state index contributed by atoms with van der Waals surface area (Å²) < 4.78 is 0. The van der Waals surface area contributed by atoms with Crippen molar-refractivity contribution in [3.63, 3.8) is 0 Å². The standard InChI is InChI=1S/C9H10N4O3/c10-6(9(15)16)3-5-1-2-8(14)7(4-5)12-13-11/h1-2,4,6,11H,3,10H2,(H,15,16)/p+1/t6-/m0/s1. The first-order chi connectivity index (χ1) is 7.54. The molecule has 1 atom stereocenters. The van der Waals surface area contributed by atoms with Gasteiger partial charge >= 0.3 is 5.97 Å². The van der Waals surface area contributed by atoms with E-state index in [0.29, 0.717) is 5.56 Å². The molecule has 1 rings (SSSR count). The number of hydrogen-bond donors (Lipinski definition) is 4. The molecule has 0 unspecified atom stereocenters. The molecule has 7 nitrogen and oxygen atoms in total. The van der Waals surface area contributed by atoms with Crippen LogP contribution in [0.4, 0.5) is 5.69 Å². The molecule has 5 N–H and O–H groups in total. The van der Waals surface area contributed by atoms with E-state index in [4.69, 9.17) is 16.4 Å². The summed E-state index contributed by atoms with van der Waals surface area (Å²) in [6.07, 6.45) is 0.121. The number of rotatable bonds is 4. The number of hydrogen-bond acceptors (Lipinski definition) is 5. The fourth-order valence-electron chi connectivity index (χ4n) is 1.17. The maximum atomic E-state index is 10.5. The number of phenolic OH excluding ortho intramolecular Hbond substituents is 1. The lowest BCUT2D eigenvalue weighted by Crippen LogP contribution is -2.32. The molecule has 16 heavy (non-hydrogen) atoms. The van der Waals surface area contributed by atoms with Crippen molar-refractivity contribution in [2.45, 2.75) is 12.5 Å². The minimum Gasteiger partial charge on any atom is -0.505 e. The van der Waals surface area contributed by atoms with Gasteiger partial charge in [0.1, 0.15) is 17.3 Å². The first-order valence-electron chi connectivity index (χ1n) is 4.42. The first-order valence-corrected chi connectivity index (χ1v) is 4.42. The molecule has 0 aliphatic carbocycles. The van der Waals surface area contributed by atoms with E-state index in [1.54, 1.807) is 6.07 Å². The second-order valence-corrected chi connectivity index (χ2v) is 3.17. The number of nitrogens with two attached hydrogens (primary N) is 1. The van der Waals surface area contributed by atoms with E-state index in [-0.39, 0.29) is 17.9 Å². The number of carboxylic acids is 1. The molecular weight excluding hydrogens is 212 g/mol. The normalized spacial score (nSPS) is 11.6. The van der Waals surface area contributed by atoms with E-state index in [9.17, 15) is 9.90 Å². The molecule has 0 radical (unpaired) electrons. The predicted molar refractivity (Wildman–Crippen MR) is 54.4 cm³/mol. The zero-order valence-corrected chi connectivity index (χ0v) is 8.29. The van der Waals surface area contributed by atoms with Crippen molar-refractivity contribution in [3.8, 4) is 5.75 Å². The Morgan fingerprint density at radius 2 is 2.31 bits per heavy atom. The smallest absolute Gasteiger partial charge is 0.320 e. The maximum Gasteiger partial charge on any atom is 0.320 e. The zero-order valence-electron chi connectivity index (χ0n) is 8.29. The van der Waals surface area contributed by atoms with E-state index >= 15 is 0 Å². The van der Waals surface area contributed by atoms with Gasteiger partial charge in [-0.05, 0) is 24.1 Å². The Morgan fingerprint density at radius 3 is 2.88 bits per heavy atom. The number of benzene rings is 1. The predicted octanol–water partition coefficient (Wildman–Crippen LogP) is 0.528. The van der Waals surface area contributed by atoms with Crippen LogP contribution in [-0.2, 0) is 11.2 Å². The summed E-state index contributed by atoms with van der Waals surface area (Å²) in [4.78, 5) is 13.3. The van der Waals surface area contributed by atoms with Crippen LogP contribution in [0.1, 0.15) is 5.56 Å². The second kappa shape index (κ2) is 5.01. The first kappa shape index (κ1) is 11.8. The van der Waals surface area contributed by atoms with Gasteiger partial charge in [-0.15, -0.1) is 0 Å². The number of nitrogens with zero attached hydrogens (tertiary/aromatic N) is 2. The van der Waals surface area contributed by atoms with Crippen LogP contribution in [0.25, 0.3) is 0 Å². The average Bonchev–Trinajstić information content (AvgIpc) is 2.23. The van der Waals surface area contributed by atoms with E-state index < -0.39 is 12.0 Å². The third-order valence-electron chi connectivity index (χ3n) is 1.97. The largest absolute Gasteiger partial charge is 0.505 e. The molecule has 7 heteroatoms. The molecule has 1 aromatic rings. The van der Waals surface area contributed by atoms with Crippen molar-refractivity contribution in [3.05, 3.63) is 23.8 Å². The number of phenols is 1. The van der Waals surface area contributed by atoms with Gasteiger partial charge in [0.25, 0.3) is 0 Å². The third kappa shape index (κ3) is 2.88. The van der Waals surface area contributed by atoms with E-state index in [0.717, 1.165) is 0 Å². The Labute approximate surface area is 90.7 Å². The third-order valence-corrected chi connectivity index (χ3v) is 1.97. The van der Waals surface area contributed by atoms with Crippen LogP contribution >= 0.6 is 0 Å². The number of aromatic hydroxyl groups is 1. The lowest BCUT2D eigenvalue weighted by Gasteiger charge is -2.06. The molecule has 84 valence electrons. The van der Waals surface area contributed by atoms with Crippen LogP contribution in [0.15, 0.2) is 23.3 Å². The summed E-state index contributed by atoms with van der Waals surface area (Å²) in [5.41, 5.74) is 12.6. The van der Waals surface area contributed by atoms with Crippen molar-refractivity contribution in [1.29, 1.82) is 5.53 Å². The lowest BCUT2D eigenvalue weighted by atomic mass is 10.1. The number of aliphatic carboxylic acids is 1. The van der Waals surface area contributed by atoms with Gasteiger partial charge in [-0.25, -0.2) is 0 Å². The van der Waals surface area contributed by atoms with Crippen molar-refractivity contribution >= 4 is 11.7 Å². The van der Waals surface area contributed by atoms with Crippen molar-refractivity contribution in [1.82, 2.24) is 4.91 Å². The van der Waals surface area contributed by atoms with Crippen molar-refractivity contribution < 1.29 is 15.0 Å². The van der Waals surface area contributed by atoms with Crippen LogP contribution in [0.2, 0.25) is 0 Å². The molecule has 1 aromatic carbocycles. The molecule has 0 fully saturated rings. The van der Waals surface area contributed by atoms with Crippen molar-refractivity contribution in [2.75, 3.05) is 0 Å². The van der Waals surface area contributed by atoms with Crippen LogP contribution in [0, 0.1) is 5.53 Å². The highest BCUT2D eigenvalue weighted by Gasteiger charge is 2.14. The second-order valence-electron chi connectivity index (χ2n) is 3.17.